The Morgan fingerprint density at radius 1 is 1.37 bits per heavy atom. The van der Waals surface area contributed by atoms with Gasteiger partial charge >= 0.3 is 0 Å². The maximum atomic E-state index is 5.44. The number of rotatable bonds is 6. The molecule has 1 aromatic rings. The highest BCUT2D eigenvalue weighted by molar-refractivity contribution is 5.41. The fourth-order valence-electron chi connectivity index (χ4n) is 2.07. The maximum Gasteiger partial charge on any atom is 0.0615 e. The van der Waals surface area contributed by atoms with Crippen LogP contribution in [0.15, 0.2) is 24.3 Å². The van der Waals surface area contributed by atoms with Gasteiger partial charge in [-0.25, -0.2) is 0 Å². The van der Waals surface area contributed by atoms with E-state index in [1.165, 1.54) is 5.56 Å². The van der Waals surface area contributed by atoms with Gasteiger partial charge in [-0.1, -0.05) is 37.0 Å². The van der Waals surface area contributed by atoms with Gasteiger partial charge in [0.2, 0.25) is 0 Å². The van der Waals surface area contributed by atoms with Crippen LogP contribution in [-0.2, 0) is 11.3 Å². The fraction of sp³-hybridized carbons (Fsp3) is 0.500. The molecule has 104 valence electrons. The molecule has 1 aromatic carbocycles. The van der Waals surface area contributed by atoms with E-state index in [0.29, 0.717) is 12.6 Å². The van der Waals surface area contributed by atoms with Crippen molar-refractivity contribution in [3.05, 3.63) is 35.4 Å². The van der Waals surface area contributed by atoms with Crippen LogP contribution in [0, 0.1) is 11.8 Å². The molecule has 0 aliphatic heterocycles. The van der Waals surface area contributed by atoms with Gasteiger partial charge in [0.1, 0.15) is 0 Å². The summed E-state index contributed by atoms with van der Waals surface area (Å²) >= 11 is 0. The average molecular weight is 260 g/mol. The first-order valence-corrected chi connectivity index (χ1v) is 6.72. The summed E-state index contributed by atoms with van der Waals surface area (Å²) in [5.74, 6) is 6.07. The molecule has 0 bridgehead atoms. The average Bonchev–Trinajstić information content (AvgIpc) is 2.43. The smallest absolute Gasteiger partial charge is 0.0615 e. The van der Waals surface area contributed by atoms with Crippen molar-refractivity contribution in [3.8, 4) is 11.8 Å². The zero-order valence-corrected chi connectivity index (χ0v) is 12.1. The Balaban J connectivity index is 2.84. The Morgan fingerprint density at radius 3 is 2.74 bits per heavy atom. The van der Waals surface area contributed by atoms with Crippen LogP contribution in [0.1, 0.15) is 25.0 Å². The van der Waals surface area contributed by atoms with Crippen molar-refractivity contribution < 1.29 is 4.74 Å². The molecule has 0 radical (unpaired) electrons. The summed E-state index contributed by atoms with van der Waals surface area (Å²) in [6, 6.07) is 8.64. The van der Waals surface area contributed by atoms with Gasteiger partial charge in [0.15, 0.2) is 0 Å². The van der Waals surface area contributed by atoms with E-state index in [2.05, 4.69) is 42.7 Å². The van der Waals surface area contributed by atoms with Crippen molar-refractivity contribution in [2.24, 2.45) is 5.73 Å². The highest BCUT2D eigenvalue weighted by Crippen LogP contribution is 2.13. The van der Waals surface area contributed by atoms with Crippen LogP contribution in [0.2, 0.25) is 0 Å². The van der Waals surface area contributed by atoms with E-state index in [1.807, 2.05) is 12.1 Å². The van der Waals surface area contributed by atoms with Gasteiger partial charge in [0.05, 0.1) is 13.2 Å². The van der Waals surface area contributed by atoms with E-state index in [9.17, 15) is 0 Å². The largest absolute Gasteiger partial charge is 0.383 e. The van der Waals surface area contributed by atoms with Crippen molar-refractivity contribution in [3.63, 3.8) is 0 Å². The lowest BCUT2D eigenvalue weighted by molar-refractivity contribution is 0.0981. The predicted octanol–water partition coefficient (Wildman–Crippen LogP) is 1.85. The molecule has 0 heterocycles. The molecule has 1 rings (SSSR count). The molecule has 0 saturated heterocycles. The number of hydrogen-bond acceptors (Lipinski definition) is 3. The van der Waals surface area contributed by atoms with Crippen molar-refractivity contribution in [2.75, 3.05) is 26.8 Å². The van der Waals surface area contributed by atoms with Gasteiger partial charge in [-0.2, -0.15) is 0 Å². The molecule has 0 aliphatic rings. The molecular formula is C16H24N2O. The lowest BCUT2D eigenvalue weighted by atomic mass is 10.1. The summed E-state index contributed by atoms with van der Waals surface area (Å²) < 4.78 is 5.23. The van der Waals surface area contributed by atoms with E-state index >= 15 is 0 Å². The summed E-state index contributed by atoms with van der Waals surface area (Å²) in [5.41, 5.74) is 7.75. The van der Waals surface area contributed by atoms with Gasteiger partial charge in [0.25, 0.3) is 0 Å². The molecule has 0 amide bonds. The van der Waals surface area contributed by atoms with Crippen LogP contribution in [0.25, 0.3) is 0 Å². The molecular weight excluding hydrogens is 236 g/mol. The third-order valence-electron chi connectivity index (χ3n) is 3.15. The zero-order chi connectivity index (χ0) is 14.1. The second-order valence-corrected chi connectivity index (χ2v) is 4.53. The van der Waals surface area contributed by atoms with E-state index in [1.54, 1.807) is 7.11 Å². The summed E-state index contributed by atoms with van der Waals surface area (Å²) in [5, 5.41) is 0. The maximum absolute atomic E-state index is 5.44. The number of benzene rings is 1. The highest BCUT2D eigenvalue weighted by Gasteiger charge is 2.13. The van der Waals surface area contributed by atoms with Crippen molar-refractivity contribution in [1.29, 1.82) is 0 Å². The number of likely N-dealkylation sites (N-methyl/N-ethyl adjacent to an activating group) is 1. The van der Waals surface area contributed by atoms with E-state index in [0.717, 1.165) is 25.3 Å². The highest BCUT2D eigenvalue weighted by atomic mass is 16.5. The molecule has 0 fully saturated rings. The van der Waals surface area contributed by atoms with Gasteiger partial charge < -0.3 is 10.5 Å². The molecule has 0 saturated carbocycles. The molecule has 3 nitrogen and oxygen atoms in total. The lowest BCUT2D eigenvalue weighted by Crippen LogP contribution is -2.35. The van der Waals surface area contributed by atoms with Crippen LogP contribution in [0.4, 0.5) is 0 Å². The molecule has 1 atom stereocenters. The Labute approximate surface area is 116 Å². The Bertz CT molecular complexity index is 434. The normalized spacial score (nSPS) is 12.1. The first-order chi connectivity index (χ1) is 9.22. The van der Waals surface area contributed by atoms with Crippen LogP contribution >= 0.6 is 0 Å². The SMILES string of the molecule is CCN(Cc1ccccc1C#CCN)C(C)COC. The van der Waals surface area contributed by atoms with Crippen molar-refractivity contribution in [1.82, 2.24) is 4.90 Å². The summed E-state index contributed by atoms with van der Waals surface area (Å²) in [4.78, 5) is 2.38. The van der Waals surface area contributed by atoms with Gasteiger partial charge in [-0.3, -0.25) is 4.90 Å². The number of ether oxygens (including phenoxy) is 1. The molecule has 19 heavy (non-hydrogen) atoms. The Kier molecular flexibility index (Phi) is 7.20. The number of hydrogen-bond donors (Lipinski definition) is 1. The quantitative estimate of drug-likeness (QED) is 0.793. The van der Waals surface area contributed by atoms with Crippen LogP contribution in [0.3, 0.4) is 0 Å². The predicted molar refractivity (Wildman–Crippen MR) is 79.8 cm³/mol. The van der Waals surface area contributed by atoms with Crippen molar-refractivity contribution >= 4 is 0 Å². The second-order valence-electron chi connectivity index (χ2n) is 4.53. The molecule has 0 aliphatic carbocycles. The minimum Gasteiger partial charge on any atom is -0.383 e. The van der Waals surface area contributed by atoms with E-state index < -0.39 is 0 Å². The zero-order valence-electron chi connectivity index (χ0n) is 12.1. The molecule has 2 N–H and O–H groups in total. The first kappa shape index (κ1) is 15.7. The van der Waals surface area contributed by atoms with Crippen molar-refractivity contribution in [2.45, 2.75) is 26.4 Å². The topological polar surface area (TPSA) is 38.5 Å². The van der Waals surface area contributed by atoms with E-state index in [4.69, 9.17) is 10.5 Å². The number of nitrogens with two attached hydrogens (primary N) is 1. The number of nitrogens with zero attached hydrogens (tertiary/aromatic N) is 1. The Hall–Kier alpha value is -1.34. The summed E-state index contributed by atoms with van der Waals surface area (Å²) in [7, 11) is 1.74. The van der Waals surface area contributed by atoms with Gasteiger partial charge in [-0.15, -0.1) is 0 Å². The second kappa shape index (κ2) is 8.71. The minimum absolute atomic E-state index is 0.394. The molecule has 1 unspecified atom stereocenters. The van der Waals surface area contributed by atoms with Crippen LogP contribution in [0.5, 0.6) is 0 Å². The molecule has 3 heteroatoms. The number of methoxy groups -OCH3 is 1. The minimum atomic E-state index is 0.394. The van der Waals surface area contributed by atoms with Crippen LogP contribution < -0.4 is 5.73 Å². The third-order valence-corrected chi connectivity index (χ3v) is 3.15. The molecule has 0 aromatic heterocycles. The van der Waals surface area contributed by atoms with Gasteiger partial charge in [-0.05, 0) is 25.1 Å². The fourth-order valence-corrected chi connectivity index (χ4v) is 2.07. The molecule has 0 spiro atoms. The first-order valence-electron chi connectivity index (χ1n) is 6.72. The summed E-state index contributed by atoms with van der Waals surface area (Å²) in [6.45, 7) is 7.36. The van der Waals surface area contributed by atoms with E-state index in [-0.39, 0.29) is 0 Å². The standard InChI is InChI=1S/C16H24N2O/c1-4-18(14(2)13-19-3)12-16-9-6-5-8-15(16)10-7-11-17/h5-6,8-9,14H,4,11-13,17H2,1-3H3. The lowest BCUT2D eigenvalue weighted by Gasteiger charge is -2.27. The third kappa shape index (κ3) is 5.04. The summed E-state index contributed by atoms with van der Waals surface area (Å²) in [6.07, 6.45) is 0. The Morgan fingerprint density at radius 2 is 2.11 bits per heavy atom. The van der Waals surface area contributed by atoms with Gasteiger partial charge in [0, 0.05) is 25.3 Å². The monoisotopic (exact) mass is 260 g/mol. The van der Waals surface area contributed by atoms with Crippen LogP contribution in [-0.4, -0.2) is 37.7 Å².